The van der Waals surface area contributed by atoms with Gasteiger partial charge in [0, 0.05) is 13.2 Å². The topological polar surface area (TPSA) is 65.0 Å². The zero-order valence-electron chi connectivity index (χ0n) is 13.6. The van der Waals surface area contributed by atoms with E-state index in [0.717, 1.165) is 5.56 Å². The van der Waals surface area contributed by atoms with Crippen LogP contribution in [0.25, 0.3) is 6.08 Å². The molecule has 5 nitrogen and oxygen atoms in total. The van der Waals surface area contributed by atoms with Crippen LogP contribution in [0.3, 0.4) is 0 Å². The fourth-order valence-corrected chi connectivity index (χ4v) is 1.86. The quantitative estimate of drug-likeness (QED) is 0.408. The van der Waals surface area contributed by atoms with Crippen LogP contribution in [0.15, 0.2) is 48.6 Å². The highest BCUT2D eigenvalue weighted by molar-refractivity contribution is 5.81. The molecule has 1 rings (SSSR count). The van der Waals surface area contributed by atoms with Gasteiger partial charge in [0.1, 0.15) is 6.79 Å². The lowest BCUT2D eigenvalue weighted by Crippen LogP contribution is -2.15. The molecule has 0 saturated heterocycles. The second-order valence-electron chi connectivity index (χ2n) is 4.91. The van der Waals surface area contributed by atoms with E-state index in [1.807, 2.05) is 36.4 Å². The first-order valence-electron chi connectivity index (χ1n) is 7.43. The van der Waals surface area contributed by atoms with Crippen molar-refractivity contribution in [2.24, 2.45) is 0 Å². The number of hydrogen-bond acceptors (Lipinski definition) is 5. The van der Waals surface area contributed by atoms with Crippen molar-refractivity contribution in [3.05, 3.63) is 54.1 Å². The number of aliphatic hydroxyl groups is 1. The van der Waals surface area contributed by atoms with Gasteiger partial charge in [0.05, 0.1) is 19.3 Å². The normalized spacial score (nSPS) is 14.2. The molecule has 5 heteroatoms. The Kier molecular flexibility index (Phi) is 9.63. The maximum atomic E-state index is 11.1. The summed E-state index contributed by atoms with van der Waals surface area (Å²) < 4.78 is 14.9. The molecule has 0 heterocycles. The molecule has 0 unspecified atom stereocenters. The average molecular weight is 320 g/mol. The van der Waals surface area contributed by atoms with Crippen LogP contribution < -0.4 is 0 Å². The van der Waals surface area contributed by atoms with Gasteiger partial charge in [-0.05, 0) is 24.5 Å². The summed E-state index contributed by atoms with van der Waals surface area (Å²) in [6.45, 7) is 0.117. The Bertz CT molecular complexity index is 495. The fraction of sp³-hybridized carbons (Fsp3) is 0.389. The molecule has 0 amide bonds. The molecule has 126 valence electrons. The molecule has 0 aromatic heterocycles. The van der Waals surface area contributed by atoms with Crippen LogP contribution in [0.2, 0.25) is 0 Å². The molecule has 0 radical (unpaired) electrons. The lowest BCUT2D eigenvalue weighted by atomic mass is 10.1. The van der Waals surface area contributed by atoms with Crippen LogP contribution in [0, 0.1) is 0 Å². The third kappa shape index (κ3) is 8.93. The summed E-state index contributed by atoms with van der Waals surface area (Å²) in [6, 6.07) is 9.76. The number of rotatable bonds is 10. The van der Waals surface area contributed by atoms with Crippen molar-refractivity contribution in [2.45, 2.75) is 25.0 Å². The van der Waals surface area contributed by atoms with Crippen molar-refractivity contribution >= 4 is 12.0 Å². The van der Waals surface area contributed by atoms with Gasteiger partial charge in [-0.1, -0.05) is 42.5 Å². The molecule has 0 bridgehead atoms. The Morgan fingerprint density at radius 2 is 1.91 bits per heavy atom. The lowest BCUT2D eigenvalue weighted by Gasteiger charge is -2.14. The molecule has 0 aliphatic heterocycles. The van der Waals surface area contributed by atoms with E-state index in [2.05, 4.69) is 4.74 Å². The zero-order chi connectivity index (χ0) is 16.9. The summed E-state index contributed by atoms with van der Waals surface area (Å²) in [5.74, 6) is -0.444. The standard InChI is InChI=1S/C18H24O5/c1-21-14-23-17(12-13-18(20)22-2)11-10-16(19)9-8-15-6-4-3-5-7-15/h3-9,12-13,16-17,19H,10-11,14H2,1-2H3/b9-8+,13-12+/t16-,17-/m0/s1. The average Bonchev–Trinajstić information content (AvgIpc) is 2.59. The summed E-state index contributed by atoms with van der Waals surface area (Å²) >= 11 is 0. The van der Waals surface area contributed by atoms with Crippen molar-refractivity contribution in [1.82, 2.24) is 0 Å². The molecule has 0 aliphatic carbocycles. The number of methoxy groups -OCH3 is 2. The Morgan fingerprint density at radius 3 is 2.57 bits per heavy atom. The third-order valence-corrected chi connectivity index (χ3v) is 3.11. The number of carbonyl (C=O) groups is 1. The molecule has 1 N–H and O–H groups in total. The van der Waals surface area contributed by atoms with E-state index in [1.165, 1.54) is 20.3 Å². The maximum Gasteiger partial charge on any atom is 0.330 e. The van der Waals surface area contributed by atoms with E-state index < -0.39 is 12.1 Å². The molecule has 0 spiro atoms. The van der Waals surface area contributed by atoms with Crippen molar-refractivity contribution in [3.8, 4) is 0 Å². The first-order valence-corrected chi connectivity index (χ1v) is 7.43. The van der Waals surface area contributed by atoms with Gasteiger partial charge >= 0.3 is 5.97 Å². The number of aliphatic hydroxyl groups excluding tert-OH is 1. The van der Waals surface area contributed by atoms with E-state index in [0.29, 0.717) is 12.8 Å². The van der Waals surface area contributed by atoms with Crippen molar-refractivity contribution in [1.29, 1.82) is 0 Å². The molecule has 2 atom stereocenters. The van der Waals surface area contributed by atoms with Gasteiger partial charge in [-0.25, -0.2) is 4.79 Å². The van der Waals surface area contributed by atoms with Gasteiger partial charge in [0.15, 0.2) is 0 Å². The summed E-state index contributed by atoms with van der Waals surface area (Å²) in [4.78, 5) is 11.1. The molecule has 0 saturated carbocycles. The van der Waals surface area contributed by atoms with Crippen molar-refractivity contribution in [3.63, 3.8) is 0 Å². The molecular formula is C18H24O5. The van der Waals surface area contributed by atoms with Crippen LogP contribution in [0.5, 0.6) is 0 Å². The lowest BCUT2D eigenvalue weighted by molar-refractivity contribution is -0.135. The van der Waals surface area contributed by atoms with E-state index >= 15 is 0 Å². The van der Waals surface area contributed by atoms with Crippen LogP contribution in [-0.2, 0) is 19.0 Å². The third-order valence-electron chi connectivity index (χ3n) is 3.11. The second kappa shape index (κ2) is 11.6. The minimum atomic E-state index is -0.588. The summed E-state index contributed by atoms with van der Waals surface area (Å²) in [5.41, 5.74) is 1.03. The number of ether oxygens (including phenoxy) is 3. The first-order chi connectivity index (χ1) is 11.2. The zero-order valence-corrected chi connectivity index (χ0v) is 13.6. The number of hydrogen-bond donors (Lipinski definition) is 1. The first kappa shape index (κ1) is 19.1. The Morgan fingerprint density at radius 1 is 1.17 bits per heavy atom. The summed E-state index contributed by atoms with van der Waals surface area (Å²) in [7, 11) is 2.84. The van der Waals surface area contributed by atoms with Gasteiger partial charge in [-0.15, -0.1) is 0 Å². The van der Waals surface area contributed by atoms with Gasteiger partial charge < -0.3 is 19.3 Å². The predicted octanol–water partition coefficient (Wildman–Crippen LogP) is 2.56. The fourth-order valence-electron chi connectivity index (χ4n) is 1.86. The van der Waals surface area contributed by atoms with Crippen LogP contribution in [0.1, 0.15) is 18.4 Å². The second-order valence-corrected chi connectivity index (χ2v) is 4.91. The van der Waals surface area contributed by atoms with Gasteiger partial charge in [-0.2, -0.15) is 0 Å². The van der Waals surface area contributed by atoms with Crippen molar-refractivity contribution in [2.75, 3.05) is 21.0 Å². The monoisotopic (exact) mass is 320 g/mol. The summed E-state index contributed by atoms with van der Waals surface area (Å²) in [6.07, 6.45) is 6.68. The molecular weight excluding hydrogens is 296 g/mol. The van der Waals surface area contributed by atoms with Crippen LogP contribution in [0.4, 0.5) is 0 Å². The highest BCUT2D eigenvalue weighted by Gasteiger charge is 2.09. The van der Waals surface area contributed by atoms with Gasteiger partial charge in [0.2, 0.25) is 0 Å². The minimum Gasteiger partial charge on any atom is -0.466 e. The number of esters is 1. The van der Waals surface area contributed by atoms with E-state index in [1.54, 1.807) is 12.2 Å². The predicted molar refractivity (Wildman–Crippen MR) is 88.6 cm³/mol. The van der Waals surface area contributed by atoms with Gasteiger partial charge in [-0.3, -0.25) is 0 Å². The van der Waals surface area contributed by atoms with Gasteiger partial charge in [0.25, 0.3) is 0 Å². The SMILES string of the molecule is COCO[C@H](/C=C/C(=O)OC)CC[C@@H](O)/C=C/c1ccccc1. The largest absolute Gasteiger partial charge is 0.466 e. The Hall–Kier alpha value is -1.95. The minimum absolute atomic E-state index is 0.117. The molecule has 1 aromatic carbocycles. The van der Waals surface area contributed by atoms with Crippen LogP contribution >= 0.6 is 0 Å². The highest BCUT2D eigenvalue weighted by atomic mass is 16.7. The Labute approximate surface area is 137 Å². The van der Waals surface area contributed by atoms with Crippen LogP contribution in [-0.4, -0.2) is 44.3 Å². The number of benzene rings is 1. The highest BCUT2D eigenvalue weighted by Crippen LogP contribution is 2.10. The smallest absolute Gasteiger partial charge is 0.330 e. The summed E-state index contributed by atoms with van der Waals surface area (Å²) in [5, 5.41) is 10.0. The van der Waals surface area contributed by atoms with E-state index in [9.17, 15) is 9.90 Å². The molecule has 0 aliphatic rings. The van der Waals surface area contributed by atoms with E-state index in [4.69, 9.17) is 9.47 Å². The molecule has 0 fully saturated rings. The maximum absolute atomic E-state index is 11.1. The molecule has 23 heavy (non-hydrogen) atoms. The molecule has 1 aromatic rings. The van der Waals surface area contributed by atoms with E-state index in [-0.39, 0.29) is 12.9 Å². The number of carbonyl (C=O) groups excluding carboxylic acids is 1. The van der Waals surface area contributed by atoms with Crippen molar-refractivity contribution < 1.29 is 24.1 Å². The Balaban J connectivity index is 2.47.